The molecule has 27 heavy (non-hydrogen) atoms. The van der Waals surface area contributed by atoms with Crippen molar-refractivity contribution in [3.63, 3.8) is 0 Å². The third-order valence-electron chi connectivity index (χ3n) is 3.84. The van der Waals surface area contributed by atoms with Gasteiger partial charge in [0.25, 0.3) is 11.8 Å². The number of rotatable bonds is 6. The number of carbonyl (C=O) groups is 2. The molecule has 0 aliphatic rings. The van der Waals surface area contributed by atoms with E-state index in [0.717, 1.165) is 11.1 Å². The lowest BCUT2D eigenvalue weighted by molar-refractivity contribution is -0.128. The van der Waals surface area contributed by atoms with Gasteiger partial charge in [-0.1, -0.05) is 12.1 Å². The van der Waals surface area contributed by atoms with E-state index < -0.39 is 17.9 Å². The smallest absolute Gasteiger partial charge is 0.279 e. The molecule has 2 aromatic carbocycles. The Morgan fingerprint density at radius 2 is 1.85 bits per heavy atom. The van der Waals surface area contributed by atoms with Crippen molar-refractivity contribution in [3.8, 4) is 11.5 Å². The SMILES string of the molecule is CCOc1ccc(OC(C)C(=O)NNC(=O)c2cccc3cn[nH]c23)cc1. The molecule has 1 unspecified atom stereocenters. The summed E-state index contributed by atoms with van der Waals surface area (Å²) in [4.78, 5) is 24.5. The van der Waals surface area contributed by atoms with Crippen LogP contribution in [0.4, 0.5) is 0 Å². The molecule has 3 N–H and O–H groups in total. The van der Waals surface area contributed by atoms with Gasteiger partial charge in [0.1, 0.15) is 11.5 Å². The van der Waals surface area contributed by atoms with Gasteiger partial charge in [-0.2, -0.15) is 5.10 Å². The van der Waals surface area contributed by atoms with Gasteiger partial charge in [-0.05, 0) is 44.2 Å². The average Bonchev–Trinajstić information content (AvgIpc) is 3.16. The summed E-state index contributed by atoms with van der Waals surface area (Å²) in [6.07, 6.45) is 0.823. The van der Waals surface area contributed by atoms with E-state index in [0.29, 0.717) is 23.4 Å². The van der Waals surface area contributed by atoms with Crippen LogP contribution in [0.2, 0.25) is 0 Å². The zero-order valence-corrected chi connectivity index (χ0v) is 15.0. The summed E-state index contributed by atoms with van der Waals surface area (Å²) in [6, 6.07) is 12.2. The number of ether oxygens (including phenoxy) is 2. The van der Waals surface area contributed by atoms with Crippen molar-refractivity contribution >= 4 is 22.7 Å². The number of amides is 2. The minimum Gasteiger partial charge on any atom is -0.494 e. The Hall–Kier alpha value is -3.55. The van der Waals surface area contributed by atoms with Crippen LogP contribution in [0, 0.1) is 0 Å². The standard InChI is InChI=1S/C19H20N4O4/c1-3-26-14-7-9-15(10-8-14)27-12(2)18(24)22-23-19(25)16-6-4-5-13-11-20-21-17(13)16/h4-12H,3H2,1-2H3,(H,20,21)(H,22,24)(H,23,25). The van der Waals surface area contributed by atoms with E-state index in [9.17, 15) is 9.59 Å². The second-order valence-electron chi connectivity index (χ2n) is 5.75. The highest BCUT2D eigenvalue weighted by Crippen LogP contribution is 2.18. The molecule has 3 rings (SSSR count). The van der Waals surface area contributed by atoms with Gasteiger partial charge in [-0.25, -0.2) is 0 Å². The second kappa shape index (κ2) is 8.22. The molecular formula is C19H20N4O4. The molecule has 1 aromatic heterocycles. The first-order valence-electron chi connectivity index (χ1n) is 8.50. The highest BCUT2D eigenvalue weighted by atomic mass is 16.5. The van der Waals surface area contributed by atoms with Gasteiger partial charge in [0, 0.05) is 5.39 Å². The molecule has 0 fully saturated rings. The van der Waals surface area contributed by atoms with E-state index in [-0.39, 0.29) is 0 Å². The number of nitrogens with zero attached hydrogens (tertiary/aromatic N) is 1. The second-order valence-corrected chi connectivity index (χ2v) is 5.75. The van der Waals surface area contributed by atoms with Crippen LogP contribution in [0.5, 0.6) is 11.5 Å². The highest BCUT2D eigenvalue weighted by Gasteiger charge is 2.17. The summed E-state index contributed by atoms with van der Waals surface area (Å²) >= 11 is 0. The van der Waals surface area contributed by atoms with Crippen molar-refractivity contribution in [2.45, 2.75) is 20.0 Å². The fraction of sp³-hybridized carbons (Fsp3) is 0.211. The first-order chi connectivity index (χ1) is 13.1. The Labute approximate surface area is 155 Å². The minimum atomic E-state index is -0.800. The Balaban J connectivity index is 1.55. The number of fused-ring (bicyclic) bond motifs is 1. The van der Waals surface area contributed by atoms with Crippen LogP contribution in [-0.4, -0.2) is 34.7 Å². The molecule has 0 aliphatic heterocycles. The van der Waals surface area contributed by atoms with Gasteiger partial charge < -0.3 is 9.47 Å². The van der Waals surface area contributed by atoms with Crippen LogP contribution in [0.15, 0.2) is 48.7 Å². The van der Waals surface area contributed by atoms with Crippen LogP contribution >= 0.6 is 0 Å². The van der Waals surface area contributed by atoms with Crippen molar-refractivity contribution in [2.75, 3.05) is 6.61 Å². The van der Waals surface area contributed by atoms with Gasteiger partial charge in [-0.15, -0.1) is 0 Å². The summed E-state index contributed by atoms with van der Waals surface area (Å²) in [5, 5.41) is 7.48. The van der Waals surface area contributed by atoms with Crippen molar-refractivity contribution in [2.24, 2.45) is 0 Å². The summed E-state index contributed by atoms with van der Waals surface area (Å²) < 4.78 is 10.9. The van der Waals surface area contributed by atoms with E-state index in [1.807, 2.05) is 13.0 Å². The Bertz CT molecular complexity index is 936. The van der Waals surface area contributed by atoms with Crippen LogP contribution < -0.4 is 20.3 Å². The molecule has 8 nitrogen and oxygen atoms in total. The molecule has 0 bridgehead atoms. The number of hydrogen-bond acceptors (Lipinski definition) is 5. The molecule has 140 valence electrons. The molecule has 0 aliphatic carbocycles. The first-order valence-corrected chi connectivity index (χ1v) is 8.50. The molecule has 0 saturated carbocycles. The third kappa shape index (κ3) is 4.35. The van der Waals surface area contributed by atoms with E-state index >= 15 is 0 Å². The van der Waals surface area contributed by atoms with Gasteiger partial charge >= 0.3 is 0 Å². The predicted octanol–water partition coefficient (Wildman–Crippen LogP) is 2.19. The van der Waals surface area contributed by atoms with E-state index in [2.05, 4.69) is 21.0 Å². The lowest BCUT2D eigenvalue weighted by atomic mass is 10.1. The summed E-state index contributed by atoms with van der Waals surface area (Å²) in [6.45, 7) is 4.07. The van der Waals surface area contributed by atoms with Crippen LogP contribution in [-0.2, 0) is 4.79 Å². The Morgan fingerprint density at radius 1 is 1.11 bits per heavy atom. The number of para-hydroxylation sites is 1. The molecule has 3 aromatic rings. The highest BCUT2D eigenvalue weighted by molar-refractivity contribution is 6.05. The van der Waals surface area contributed by atoms with Gasteiger partial charge in [-0.3, -0.25) is 25.5 Å². The zero-order valence-electron chi connectivity index (χ0n) is 15.0. The van der Waals surface area contributed by atoms with E-state index in [4.69, 9.17) is 9.47 Å². The molecule has 2 amide bonds. The molecule has 0 saturated heterocycles. The summed E-state index contributed by atoms with van der Waals surface area (Å²) in [5.41, 5.74) is 5.73. The lowest BCUT2D eigenvalue weighted by Crippen LogP contribution is -2.47. The largest absolute Gasteiger partial charge is 0.494 e. The molecule has 0 radical (unpaired) electrons. The molecular weight excluding hydrogens is 348 g/mol. The fourth-order valence-corrected chi connectivity index (χ4v) is 2.48. The molecule has 1 atom stereocenters. The molecule has 0 spiro atoms. The first kappa shape index (κ1) is 18.2. The number of carbonyl (C=O) groups excluding carboxylic acids is 2. The number of aromatic amines is 1. The van der Waals surface area contributed by atoms with Gasteiger partial charge in [0.2, 0.25) is 0 Å². The van der Waals surface area contributed by atoms with Crippen molar-refractivity contribution in [1.29, 1.82) is 0 Å². The third-order valence-corrected chi connectivity index (χ3v) is 3.84. The van der Waals surface area contributed by atoms with Crippen molar-refractivity contribution in [3.05, 3.63) is 54.2 Å². The van der Waals surface area contributed by atoms with Crippen LogP contribution in [0.3, 0.4) is 0 Å². The van der Waals surface area contributed by atoms with Crippen molar-refractivity contribution < 1.29 is 19.1 Å². The number of H-pyrrole nitrogens is 1. The summed E-state index contributed by atoms with van der Waals surface area (Å²) in [7, 11) is 0. The molecule has 8 heteroatoms. The number of hydrogen-bond donors (Lipinski definition) is 3. The normalized spacial score (nSPS) is 11.6. The Morgan fingerprint density at radius 3 is 2.59 bits per heavy atom. The summed E-state index contributed by atoms with van der Waals surface area (Å²) in [5.74, 6) is 0.317. The average molecular weight is 368 g/mol. The Kier molecular flexibility index (Phi) is 5.55. The zero-order chi connectivity index (χ0) is 19.2. The predicted molar refractivity (Wildman–Crippen MR) is 99.4 cm³/mol. The molecule has 1 heterocycles. The van der Waals surface area contributed by atoms with Crippen LogP contribution in [0.25, 0.3) is 10.9 Å². The number of benzene rings is 2. The maximum Gasteiger partial charge on any atom is 0.279 e. The van der Waals surface area contributed by atoms with Gasteiger partial charge in [0.05, 0.1) is 23.9 Å². The topological polar surface area (TPSA) is 105 Å². The number of nitrogens with one attached hydrogen (secondary N) is 3. The maximum absolute atomic E-state index is 12.3. The van der Waals surface area contributed by atoms with Crippen LogP contribution in [0.1, 0.15) is 24.2 Å². The van der Waals surface area contributed by atoms with E-state index in [1.165, 1.54) is 0 Å². The lowest BCUT2D eigenvalue weighted by Gasteiger charge is -2.15. The fourth-order valence-electron chi connectivity index (χ4n) is 2.48. The quantitative estimate of drug-likeness (QED) is 0.579. The number of aromatic nitrogens is 2. The minimum absolute atomic E-state index is 0.380. The van der Waals surface area contributed by atoms with Gasteiger partial charge in [0.15, 0.2) is 6.10 Å². The monoisotopic (exact) mass is 368 g/mol. The maximum atomic E-state index is 12.3. The van der Waals surface area contributed by atoms with E-state index in [1.54, 1.807) is 49.5 Å². The number of hydrazine groups is 1. The van der Waals surface area contributed by atoms with Crippen molar-refractivity contribution in [1.82, 2.24) is 21.0 Å².